The second kappa shape index (κ2) is 15.4. The minimum atomic E-state index is -3.35. The van der Waals surface area contributed by atoms with Crippen molar-refractivity contribution in [2.45, 2.75) is 50.5 Å². The molecule has 1 amide bonds. The Kier molecular flexibility index (Phi) is 11.3. The van der Waals surface area contributed by atoms with Crippen LogP contribution in [0.4, 0.5) is 10.5 Å². The third kappa shape index (κ3) is 8.76. The Balaban J connectivity index is 0.000000222. The van der Waals surface area contributed by atoms with Gasteiger partial charge in [0, 0.05) is 53.5 Å². The number of rotatable bonds is 9. The number of ether oxygens (including phenoxy) is 2. The number of benzene rings is 3. The molecule has 13 heteroatoms. The van der Waals surface area contributed by atoms with Crippen LogP contribution >= 0.6 is 0 Å². The van der Waals surface area contributed by atoms with Gasteiger partial charge in [0.25, 0.3) is 0 Å². The molecule has 4 N–H and O–H groups in total. The zero-order chi connectivity index (χ0) is 35.8. The maximum absolute atomic E-state index is 12.7. The number of aliphatic hydroxyl groups is 1. The lowest BCUT2D eigenvalue weighted by atomic mass is 9.87. The lowest BCUT2D eigenvalue weighted by Crippen LogP contribution is -2.61. The topological polar surface area (TPSA) is 193 Å². The molecule has 0 bridgehead atoms. The van der Waals surface area contributed by atoms with Gasteiger partial charge in [-0.2, -0.15) is 0 Å². The standard InChI is InChI=1S/C18H23N3O2.C18H14O8/c1-18(2,3)23-17(22)21-10-8-14(12-21)20-16-6-4-5-13-11-19-9-7-15(13)16;19-13(11-7-3-1-4-8-11)18(17(24)25,14(20)15(21)22)26-16(23)12-9-5-2-6-10-12/h4-7,9,11,14,20H,8,10,12H2,1-3H3;1-10,14,20H,(H,21,22)(H,24,25)/t;14-,18+/m.1/s1. The summed E-state index contributed by atoms with van der Waals surface area (Å²) in [5.74, 6) is -6.77. The van der Waals surface area contributed by atoms with Gasteiger partial charge in [0.1, 0.15) is 5.60 Å². The second-order valence-electron chi connectivity index (χ2n) is 12.2. The van der Waals surface area contributed by atoms with E-state index in [0.717, 1.165) is 29.4 Å². The van der Waals surface area contributed by atoms with E-state index in [4.69, 9.17) is 14.6 Å². The number of fused-ring (bicyclic) bond motifs is 1. The van der Waals surface area contributed by atoms with E-state index in [1.807, 2.05) is 39.1 Å². The zero-order valence-electron chi connectivity index (χ0n) is 27.1. The van der Waals surface area contributed by atoms with E-state index >= 15 is 0 Å². The predicted octanol–water partition coefficient (Wildman–Crippen LogP) is 4.65. The molecule has 13 nitrogen and oxygen atoms in total. The summed E-state index contributed by atoms with van der Waals surface area (Å²) in [6.07, 6.45) is 1.53. The van der Waals surface area contributed by atoms with E-state index < -0.39 is 41.0 Å². The number of likely N-dealkylation sites (tertiary alicyclic amines) is 1. The summed E-state index contributed by atoms with van der Waals surface area (Å²) in [7, 11) is 0. The first-order valence-corrected chi connectivity index (χ1v) is 15.3. The average Bonchev–Trinajstić information content (AvgIpc) is 3.56. The summed E-state index contributed by atoms with van der Waals surface area (Å²) < 4.78 is 10.2. The van der Waals surface area contributed by atoms with Crippen molar-refractivity contribution in [2.24, 2.45) is 0 Å². The van der Waals surface area contributed by atoms with Crippen molar-refractivity contribution in [1.29, 1.82) is 0 Å². The average molecular weight is 672 g/mol. The molecular weight excluding hydrogens is 634 g/mol. The summed E-state index contributed by atoms with van der Waals surface area (Å²) in [4.78, 5) is 66.2. The van der Waals surface area contributed by atoms with Gasteiger partial charge in [0.05, 0.1) is 5.56 Å². The third-order valence-electron chi connectivity index (χ3n) is 7.45. The van der Waals surface area contributed by atoms with Crippen molar-refractivity contribution >= 4 is 46.2 Å². The maximum atomic E-state index is 12.7. The number of aliphatic hydroxyl groups excluding tert-OH is 1. The lowest BCUT2D eigenvalue weighted by Gasteiger charge is -2.30. The molecule has 0 radical (unpaired) electrons. The highest BCUT2D eigenvalue weighted by Crippen LogP contribution is 2.27. The highest BCUT2D eigenvalue weighted by molar-refractivity contribution is 6.19. The Labute approximate surface area is 282 Å². The molecule has 1 aliphatic rings. The van der Waals surface area contributed by atoms with Crippen LogP contribution in [0.25, 0.3) is 10.8 Å². The Morgan fingerprint density at radius 3 is 2.08 bits per heavy atom. The van der Waals surface area contributed by atoms with Crippen LogP contribution in [-0.2, 0) is 19.1 Å². The maximum Gasteiger partial charge on any atom is 0.410 e. The number of carboxylic acids is 2. The number of esters is 1. The van der Waals surface area contributed by atoms with Crippen LogP contribution in [0.3, 0.4) is 0 Å². The summed E-state index contributed by atoms with van der Waals surface area (Å²) >= 11 is 0. The molecule has 3 atom stereocenters. The summed E-state index contributed by atoms with van der Waals surface area (Å²) in [6, 6.07) is 22.3. The number of hydrogen-bond donors (Lipinski definition) is 4. The largest absolute Gasteiger partial charge is 0.479 e. The minimum Gasteiger partial charge on any atom is -0.479 e. The highest BCUT2D eigenvalue weighted by Gasteiger charge is 2.59. The van der Waals surface area contributed by atoms with Crippen LogP contribution in [-0.4, -0.2) is 91.4 Å². The molecule has 2 heterocycles. The fraction of sp³-hybridized carbons (Fsp3) is 0.278. The summed E-state index contributed by atoms with van der Waals surface area (Å²) in [6.45, 7) is 7.05. The number of nitrogens with one attached hydrogen (secondary N) is 1. The van der Waals surface area contributed by atoms with E-state index in [1.54, 1.807) is 23.2 Å². The van der Waals surface area contributed by atoms with Gasteiger partial charge < -0.3 is 35.0 Å². The molecule has 4 aromatic rings. The molecule has 0 saturated carbocycles. The van der Waals surface area contributed by atoms with Crippen LogP contribution in [0.2, 0.25) is 0 Å². The molecule has 0 aliphatic carbocycles. The van der Waals surface area contributed by atoms with Crippen molar-refractivity contribution < 1.29 is 48.8 Å². The smallest absolute Gasteiger partial charge is 0.410 e. The van der Waals surface area contributed by atoms with Gasteiger partial charge in [-0.15, -0.1) is 0 Å². The fourth-order valence-corrected chi connectivity index (χ4v) is 5.08. The number of aromatic nitrogens is 1. The number of pyridine rings is 1. The SMILES string of the molecule is CC(C)(C)OC(=O)N1CCC(Nc2cccc3cnccc23)C1.O=C(O[C@@](C(=O)O)(C(=O)c1ccccc1)[C@H](O)C(=O)O)c1ccccc1. The molecule has 1 aliphatic heterocycles. The first-order valence-electron chi connectivity index (χ1n) is 15.3. The Morgan fingerprint density at radius 1 is 0.857 bits per heavy atom. The summed E-state index contributed by atoms with van der Waals surface area (Å²) in [5, 5.41) is 34.4. The van der Waals surface area contributed by atoms with Crippen molar-refractivity contribution in [1.82, 2.24) is 9.88 Å². The number of nitrogens with zero attached hydrogens (tertiary/aromatic N) is 2. The first kappa shape index (κ1) is 36.0. The zero-order valence-corrected chi connectivity index (χ0v) is 27.1. The minimum absolute atomic E-state index is 0.114. The van der Waals surface area contributed by atoms with Gasteiger partial charge in [0.15, 0.2) is 0 Å². The molecule has 0 spiro atoms. The van der Waals surface area contributed by atoms with Crippen molar-refractivity contribution in [3.05, 3.63) is 108 Å². The number of Topliss-reactive ketones (excluding diaryl/α,β-unsaturated/α-hetero) is 1. The lowest BCUT2D eigenvalue weighted by molar-refractivity contribution is -0.176. The summed E-state index contributed by atoms with van der Waals surface area (Å²) in [5.41, 5.74) is -3.07. The van der Waals surface area contributed by atoms with Gasteiger partial charge in [-0.3, -0.25) is 9.78 Å². The number of carbonyl (C=O) groups is 5. The number of hydrogen-bond acceptors (Lipinski definition) is 10. The normalized spacial score (nSPS) is 15.9. The van der Waals surface area contributed by atoms with E-state index in [1.165, 1.54) is 48.5 Å². The van der Waals surface area contributed by atoms with Crippen LogP contribution in [0.5, 0.6) is 0 Å². The predicted molar refractivity (Wildman–Crippen MR) is 178 cm³/mol. The number of carboxylic acid groups (broad SMARTS) is 2. The third-order valence-corrected chi connectivity index (χ3v) is 7.45. The molecule has 256 valence electrons. The molecule has 1 saturated heterocycles. The Bertz CT molecular complexity index is 1810. The van der Waals surface area contributed by atoms with E-state index in [-0.39, 0.29) is 23.3 Å². The van der Waals surface area contributed by atoms with Crippen LogP contribution < -0.4 is 5.32 Å². The Morgan fingerprint density at radius 2 is 1.49 bits per heavy atom. The molecule has 5 rings (SSSR count). The fourth-order valence-electron chi connectivity index (χ4n) is 5.08. The molecule has 1 aromatic heterocycles. The highest BCUT2D eigenvalue weighted by atomic mass is 16.6. The number of aliphatic carboxylic acids is 2. The Hall–Kier alpha value is -5.82. The van der Waals surface area contributed by atoms with Gasteiger partial charge in [0.2, 0.25) is 11.9 Å². The van der Waals surface area contributed by atoms with Crippen LogP contribution in [0.1, 0.15) is 47.9 Å². The number of carbonyl (C=O) groups excluding carboxylic acids is 3. The second-order valence-corrected chi connectivity index (χ2v) is 12.2. The van der Waals surface area contributed by atoms with Crippen molar-refractivity contribution in [3.63, 3.8) is 0 Å². The molecule has 49 heavy (non-hydrogen) atoms. The van der Waals surface area contributed by atoms with E-state index in [9.17, 15) is 34.2 Å². The number of amides is 1. The van der Waals surface area contributed by atoms with E-state index in [2.05, 4.69) is 22.4 Å². The van der Waals surface area contributed by atoms with Crippen LogP contribution in [0, 0.1) is 0 Å². The first-order chi connectivity index (χ1) is 23.2. The molecule has 1 fully saturated rings. The van der Waals surface area contributed by atoms with Gasteiger partial charge >= 0.3 is 29.6 Å². The molecular formula is C36H37N3O10. The van der Waals surface area contributed by atoms with E-state index in [0.29, 0.717) is 6.54 Å². The van der Waals surface area contributed by atoms with Crippen molar-refractivity contribution in [2.75, 3.05) is 18.4 Å². The molecule has 1 unspecified atom stereocenters. The molecule has 3 aromatic carbocycles. The van der Waals surface area contributed by atoms with Crippen LogP contribution in [0.15, 0.2) is 97.3 Å². The number of ketones is 1. The quantitative estimate of drug-likeness (QED) is 0.110. The van der Waals surface area contributed by atoms with Gasteiger partial charge in [-0.1, -0.05) is 60.7 Å². The van der Waals surface area contributed by atoms with Gasteiger partial charge in [-0.05, 0) is 51.5 Å². The number of anilines is 1. The van der Waals surface area contributed by atoms with Crippen molar-refractivity contribution in [3.8, 4) is 0 Å². The monoisotopic (exact) mass is 671 g/mol. The van der Waals surface area contributed by atoms with Gasteiger partial charge in [-0.25, -0.2) is 19.2 Å².